The summed E-state index contributed by atoms with van der Waals surface area (Å²) in [6.45, 7) is 7.01. The fourth-order valence-electron chi connectivity index (χ4n) is 4.35. The molecule has 1 fully saturated rings. The van der Waals surface area contributed by atoms with Gasteiger partial charge in [0.1, 0.15) is 5.71 Å². The number of benzene rings is 2. The lowest BCUT2D eigenvalue weighted by Crippen LogP contribution is -2.51. The molecule has 5 rings (SSSR count). The number of hydrogen-bond acceptors (Lipinski definition) is 7. The van der Waals surface area contributed by atoms with Crippen molar-refractivity contribution in [2.45, 2.75) is 33.2 Å². The number of anilines is 1. The van der Waals surface area contributed by atoms with Crippen LogP contribution in [0.3, 0.4) is 0 Å². The fraction of sp³-hybridized carbons (Fsp3) is 0.346. The second-order valence-electron chi connectivity index (χ2n) is 8.99. The molecule has 2 amide bonds. The third-order valence-electron chi connectivity index (χ3n) is 6.39. The van der Waals surface area contributed by atoms with Crippen LogP contribution in [-0.2, 0) is 16.1 Å². The Morgan fingerprint density at radius 2 is 1.77 bits per heavy atom. The molecule has 3 heterocycles. The van der Waals surface area contributed by atoms with Crippen molar-refractivity contribution >= 4 is 23.2 Å². The van der Waals surface area contributed by atoms with Crippen LogP contribution in [0.4, 0.5) is 5.69 Å². The standard InChI is InChI=1S/C26H28N6O3/c1-18-8-9-19(2)22(16-18)32-24(33)11-10-21(28-32)26(34)31-14-12-30(13-15-31)17-23-27-25(29-35-23)20-6-4-3-5-7-20/h3-9,16H,10-15,17H2,1-2H3. The number of amides is 2. The molecule has 3 aromatic rings. The molecular formula is C26H28N6O3. The van der Waals surface area contributed by atoms with E-state index in [1.165, 1.54) is 5.01 Å². The van der Waals surface area contributed by atoms with E-state index in [0.717, 1.165) is 22.4 Å². The maximum absolute atomic E-state index is 13.2. The van der Waals surface area contributed by atoms with E-state index >= 15 is 0 Å². The Morgan fingerprint density at radius 1 is 1.00 bits per heavy atom. The quantitative estimate of drug-likeness (QED) is 0.566. The van der Waals surface area contributed by atoms with Gasteiger partial charge < -0.3 is 9.42 Å². The van der Waals surface area contributed by atoms with Gasteiger partial charge in [-0.2, -0.15) is 10.1 Å². The monoisotopic (exact) mass is 472 g/mol. The van der Waals surface area contributed by atoms with Gasteiger partial charge in [-0.1, -0.05) is 47.6 Å². The highest BCUT2D eigenvalue weighted by Crippen LogP contribution is 2.26. The Morgan fingerprint density at radius 3 is 2.54 bits per heavy atom. The summed E-state index contributed by atoms with van der Waals surface area (Å²) >= 11 is 0. The number of carbonyl (C=O) groups is 2. The topological polar surface area (TPSA) is 95.1 Å². The molecule has 180 valence electrons. The van der Waals surface area contributed by atoms with Gasteiger partial charge in [0, 0.05) is 44.6 Å². The van der Waals surface area contributed by atoms with E-state index in [2.05, 4.69) is 20.1 Å². The minimum atomic E-state index is -0.100. The average molecular weight is 473 g/mol. The first-order valence-electron chi connectivity index (χ1n) is 11.9. The minimum Gasteiger partial charge on any atom is -0.338 e. The zero-order chi connectivity index (χ0) is 24.4. The predicted octanol–water partition coefficient (Wildman–Crippen LogP) is 3.18. The fourth-order valence-corrected chi connectivity index (χ4v) is 4.35. The van der Waals surface area contributed by atoms with Crippen molar-refractivity contribution < 1.29 is 14.1 Å². The van der Waals surface area contributed by atoms with Gasteiger partial charge in [-0.3, -0.25) is 14.5 Å². The first-order chi connectivity index (χ1) is 17.0. The maximum Gasteiger partial charge on any atom is 0.270 e. The molecule has 9 heteroatoms. The molecule has 9 nitrogen and oxygen atoms in total. The highest BCUT2D eigenvalue weighted by Gasteiger charge is 2.31. The van der Waals surface area contributed by atoms with Crippen molar-refractivity contribution in [3.63, 3.8) is 0 Å². The Balaban J connectivity index is 1.21. The smallest absolute Gasteiger partial charge is 0.270 e. The molecule has 0 N–H and O–H groups in total. The lowest BCUT2D eigenvalue weighted by Gasteiger charge is -2.35. The first kappa shape index (κ1) is 22.9. The Bertz CT molecular complexity index is 1260. The molecule has 2 aromatic carbocycles. The maximum atomic E-state index is 13.2. The van der Waals surface area contributed by atoms with Crippen molar-refractivity contribution in [3.05, 3.63) is 65.5 Å². The molecule has 0 atom stereocenters. The minimum absolute atomic E-state index is 0.0884. The molecule has 0 bridgehead atoms. The number of carbonyl (C=O) groups excluding carboxylic acids is 2. The van der Waals surface area contributed by atoms with Gasteiger partial charge in [-0.25, -0.2) is 5.01 Å². The summed E-state index contributed by atoms with van der Waals surface area (Å²) in [6, 6.07) is 15.6. The SMILES string of the molecule is Cc1ccc(C)c(N2N=C(C(=O)N3CCN(Cc4nc(-c5ccccc5)no4)CC3)CCC2=O)c1. The van der Waals surface area contributed by atoms with E-state index in [0.29, 0.717) is 56.6 Å². The van der Waals surface area contributed by atoms with E-state index in [1.807, 2.05) is 67.3 Å². The van der Waals surface area contributed by atoms with Crippen LogP contribution >= 0.6 is 0 Å². The van der Waals surface area contributed by atoms with E-state index in [4.69, 9.17) is 4.52 Å². The average Bonchev–Trinajstić information content (AvgIpc) is 3.35. The normalized spacial score (nSPS) is 17.0. The Labute approximate surface area is 204 Å². The van der Waals surface area contributed by atoms with Crippen molar-refractivity contribution in [3.8, 4) is 11.4 Å². The van der Waals surface area contributed by atoms with Gasteiger partial charge >= 0.3 is 0 Å². The van der Waals surface area contributed by atoms with E-state index < -0.39 is 0 Å². The number of aryl methyl sites for hydroxylation is 2. The van der Waals surface area contributed by atoms with Gasteiger partial charge in [0.25, 0.3) is 5.91 Å². The molecular weight excluding hydrogens is 444 g/mol. The van der Waals surface area contributed by atoms with E-state index in [9.17, 15) is 9.59 Å². The number of rotatable bonds is 5. The molecule has 0 radical (unpaired) electrons. The lowest BCUT2D eigenvalue weighted by molar-refractivity contribution is -0.126. The number of piperazine rings is 1. The molecule has 0 spiro atoms. The van der Waals surface area contributed by atoms with Crippen molar-refractivity contribution in [2.24, 2.45) is 5.10 Å². The first-order valence-corrected chi connectivity index (χ1v) is 11.9. The van der Waals surface area contributed by atoms with Crippen molar-refractivity contribution in [1.29, 1.82) is 0 Å². The molecule has 2 aliphatic rings. The molecule has 1 aromatic heterocycles. The van der Waals surface area contributed by atoms with Crippen LogP contribution < -0.4 is 5.01 Å². The van der Waals surface area contributed by atoms with Crippen molar-refractivity contribution in [2.75, 3.05) is 31.2 Å². The van der Waals surface area contributed by atoms with Crippen LogP contribution in [0.5, 0.6) is 0 Å². The van der Waals surface area contributed by atoms with Gasteiger partial charge in [0.05, 0.1) is 12.2 Å². The molecule has 0 saturated carbocycles. The van der Waals surface area contributed by atoms with Gasteiger partial charge in [-0.15, -0.1) is 0 Å². The highest BCUT2D eigenvalue weighted by molar-refractivity contribution is 6.40. The van der Waals surface area contributed by atoms with Gasteiger partial charge in [0.15, 0.2) is 0 Å². The molecule has 1 saturated heterocycles. The Kier molecular flexibility index (Phi) is 6.41. The highest BCUT2D eigenvalue weighted by atomic mass is 16.5. The predicted molar refractivity (Wildman–Crippen MR) is 132 cm³/mol. The molecule has 35 heavy (non-hydrogen) atoms. The summed E-state index contributed by atoms with van der Waals surface area (Å²) in [6.07, 6.45) is 0.641. The molecule has 2 aliphatic heterocycles. The molecule has 0 unspecified atom stereocenters. The number of hydrazone groups is 1. The summed E-state index contributed by atoms with van der Waals surface area (Å²) in [5.74, 6) is 0.946. The second kappa shape index (κ2) is 9.79. The summed E-state index contributed by atoms with van der Waals surface area (Å²) < 4.78 is 5.43. The number of nitrogens with zero attached hydrogens (tertiary/aromatic N) is 6. The van der Waals surface area contributed by atoms with Crippen LogP contribution in [0.2, 0.25) is 0 Å². The third kappa shape index (κ3) is 5.00. The zero-order valence-corrected chi connectivity index (χ0v) is 20.0. The van der Waals surface area contributed by atoms with E-state index in [-0.39, 0.29) is 18.2 Å². The van der Waals surface area contributed by atoms with Crippen LogP contribution in [0.1, 0.15) is 29.9 Å². The number of hydrogen-bond donors (Lipinski definition) is 0. The summed E-state index contributed by atoms with van der Waals surface area (Å²) in [5, 5.41) is 9.97. The van der Waals surface area contributed by atoms with Crippen molar-refractivity contribution in [1.82, 2.24) is 19.9 Å². The summed E-state index contributed by atoms with van der Waals surface area (Å²) in [7, 11) is 0. The van der Waals surface area contributed by atoms with Crippen LogP contribution in [0.15, 0.2) is 58.2 Å². The van der Waals surface area contributed by atoms with Gasteiger partial charge in [-0.05, 0) is 31.0 Å². The van der Waals surface area contributed by atoms with Gasteiger partial charge in [0.2, 0.25) is 17.6 Å². The third-order valence-corrected chi connectivity index (χ3v) is 6.39. The lowest BCUT2D eigenvalue weighted by atomic mass is 10.1. The van der Waals surface area contributed by atoms with Crippen LogP contribution in [0, 0.1) is 13.8 Å². The second-order valence-corrected chi connectivity index (χ2v) is 8.99. The van der Waals surface area contributed by atoms with Crippen LogP contribution in [-0.4, -0.2) is 63.6 Å². The van der Waals surface area contributed by atoms with Crippen LogP contribution in [0.25, 0.3) is 11.4 Å². The zero-order valence-electron chi connectivity index (χ0n) is 20.0. The molecule has 0 aliphatic carbocycles. The van der Waals surface area contributed by atoms with E-state index in [1.54, 1.807) is 0 Å². The largest absolute Gasteiger partial charge is 0.338 e. The summed E-state index contributed by atoms with van der Waals surface area (Å²) in [4.78, 5) is 34.3. The Hall–Kier alpha value is -3.85. The number of aromatic nitrogens is 2. The summed E-state index contributed by atoms with van der Waals surface area (Å²) in [5.41, 5.74) is 4.08.